The smallest absolute Gasteiger partial charge is 0.246 e. The Morgan fingerprint density at radius 3 is 2.61 bits per heavy atom. The van der Waals surface area contributed by atoms with Gasteiger partial charge in [-0.2, -0.15) is 0 Å². The number of rotatable bonds is 3. The van der Waals surface area contributed by atoms with Gasteiger partial charge >= 0.3 is 11.4 Å². The van der Waals surface area contributed by atoms with E-state index >= 15 is 0 Å². The zero-order chi connectivity index (χ0) is 15.7. The zero-order valence-corrected chi connectivity index (χ0v) is 10.1. The molecule has 0 radical (unpaired) electrons. The van der Waals surface area contributed by atoms with Gasteiger partial charge in [-0.15, -0.1) is 0 Å². The largest absolute Gasteiger partial charge is 0.347 e. The van der Waals surface area contributed by atoms with Crippen LogP contribution in [0.2, 0.25) is 1.41 Å². The second-order valence-corrected chi connectivity index (χ2v) is 4.06. The Morgan fingerprint density at radius 1 is 1.44 bits per heavy atom. The van der Waals surface area contributed by atoms with Gasteiger partial charge in [-0.3, -0.25) is 0 Å². The quantitative estimate of drug-likeness (QED) is 0.825. The Morgan fingerprint density at radius 2 is 2.11 bits per heavy atom. The first-order chi connectivity index (χ1) is 9.86. The van der Waals surface area contributed by atoms with E-state index in [0.29, 0.717) is 10.7 Å². The van der Waals surface area contributed by atoms with Crippen molar-refractivity contribution >= 4 is 0 Å². The minimum Gasteiger partial charge on any atom is -0.246 e. The highest BCUT2D eigenvalue weighted by Crippen LogP contribution is 2.22. The molecule has 0 aliphatic carbocycles. The molecular formula is C13H15N3O2. The third-order valence-electron chi connectivity index (χ3n) is 2.73. The lowest BCUT2D eigenvalue weighted by atomic mass is 10.0. The maximum atomic E-state index is 12.2. The van der Waals surface area contributed by atoms with Crippen LogP contribution in [0.25, 0.3) is 0 Å². The number of hydrogen-bond acceptors (Lipinski definition) is 2. The van der Waals surface area contributed by atoms with Crippen molar-refractivity contribution in [1.29, 1.82) is 0 Å². The zero-order valence-electron chi connectivity index (χ0n) is 13.1. The predicted molar refractivity (Wildman–Crippen MR) is 69.7 cm³/mol. The van der Waals surface area contributed by atoms with Gasteiger partial charge in [-0.05, 0) is 12.5 Å². The van der Waals surface area contributed by atoms with E-state index in [0.717, 1.165) is 9.25 Å². The summed E-state index contributed by atoms with van der Waals surface area (Å²) in [4.78, 5) is 23.9. The molecule has 5 heteroatoms. The third kappa shape index (κ3) is 1.95. The van der Waals surface area contributed by atoms with Crippen molar-refractivity contribution in [3.8, 4) is 0 Å². The van der Waals surface area contributed by atoms with Crippen LogP contribution in [-0.4, -0.2) is 14.3 Å². The SMILES string of the molecule is [2H]C([2H])=C(C)C(c1ccccc1)n1c(=O)n(C)c(=O)n1[2H]. The minimum atomic E-state index is -0.838. The number of nitrogens with zero attached hydrogens (tertiary/aromatic N) is 2. The molecule has 0 amide bonds. The fourth-order valence-corrected chi connectivity index (χ4v) is 1.82. The summed E-state index contributed by atoms with van der Waals surface area (Å²) in [5.41, 5.74) is -0.537. The summed E-state index contributed by atoms with van der Waals surface area (Å²) < 4.78 is 24.5. The average molecular weight is 248 g/mol. The molecular weight excluding hydrogens is 230 g/mol. The molecule has 0 spiro atoms. The Bertz CT molecular complexity index is 798. The van der Waals surface area contributed by atoms with Crippen LogP contribution >= 0.6 is 0 Å². The van der Waals surface area contributed by atoms with Crippen LogP contribution in [0.3, 0.4) is 0 Å². The van der Waals surface area contributed by atoms with E-state index in [-0.39, 0.29) is 5.57 Å². The maximum absolute atomic E-state index is 12.2. The first-order valence-electron chi connectivity index (χ1n) is 6.89. The lowest BCUT2D eigenvalue weighted by molar-refractivity contribution is 0.557. The monoisotopic (exact) mass is 248 g/mol. The number of aromatic nitrogens is 3. The molecule has 94 valence electrons. The fourth-order valence-electron chi connectivity index (χ4n) is 1.82. The lowest BCUT2D eigenvalue weighted by Crippen LogP contribution is -2.29. The topological polar surface area (TPSA) is 59.8 Å². The molecule has 0 aliphatic rings. The molecule has 1 unspecified atom stereocenters. The van der Waals surface area contributed by atoms with Crippen LogP contribution in [0, 0.1) is 0 Å². The molecule has 1 heterocycles. The van der Waals surface area contributed by atoms with Gasteiger partial charge in [0.25, 0.3) is 0 Å². The third-order valence-corrected chi connectivity index (χ3v) is 2.73. The second-order valence-electron chi connectivity index (χ2n) is 4.06. The Balaban J connectivity index is 2.80. The molecule has 0 saturated carbocycles. The van der Waals surface area contributed by atoms with Crippen molar-refractivity contribution in [1.82, 2.24) is 14.3 Å². The molecule has 0 bridgehead atoms. The van der Waals surface area contributed by atoms with Crippen molar-refractivity contribution in [3.05, 3.63) is 69.0 Å². The van der Waals surface area contributed by atoms with E-state index in [1.165, 1.54) is 14.0 Å². The van der Waals surface area contributed by atoms with Crippen LogP contribution in [0.1, 0.15) is 21.3 Å². The normalized spacial score (nSPS) is 14.4. The fraction of sp³-hybridized carbons (Fsp3) is 0.231. The highest BCUT2D eigenvalue weighted by molar-refractivity contribution is 5.26. The Kier molecular flexibility index (Phi) is 2.20. The predicted octanol–water partition coefficient (Wildman–Crippen LogP) is 1.04. The summed E-state index contributed by atoms with van der Waals surface area (Å²) in [6, 6.07) is 7.91. The number of aromatic amines is 1. The number of H-pyrrole nitrogens is 1. The number of nitrogens with one attached hydrogen (secondary N) is 1. The Labute approximate surface area is 108 Å². The van der Waals surface area contributed by atoms with E-state index in [2.05, 4.69) is 0 Å². The average Bonchev–Trinajstić information content (AvgIpc) is 2.66. The molecule has 2 rings (SSSR count). The summed E-state index contributed by atoms with van der Waals surface area (Å²) in [5.74, 6) is 0. The van der Waals surface area contributed by atoms with Gasteiger partial charge in [0.1, 0.15) is 6.04 Å². The van der Waals surface area contributed by atoms with Gasteiger partial charge in [0.15, 0.2) is 1.41 Å². The van der Waals surface area contributed by atoms with Gasteiger partial charge in [-0.1, -0.05) is 42.4 Å². The van der Waals surface area contributed by atoms with E-state index in [1.54, 1.807) is 30.3 Å². The van der Waals surface area contributed by atoms with Crippen molar-refractivity contribution in [2.45, 2.75) is 13.0 Å². The lowest BCUT2D eigenvalue weighted by Gasteiger charge is -2.17. The summed E-state index contributed by atoms with van der Waals surface area (Å²) in [6.07, 6.45) is 0. The summed E-state index contributed by atoms with van der Waals surface area (Å²) in [5, 5.41) is 0.465. The van der Waals surface area contributed by atoms with E-state index in [1.807, 2.05) is 0 Å². The maximum Gasteiger partial charge on any atom is 0.347 e. The summed E-state index contributed by atoms with van der Waals surface area (Å²) in [7, 11) is 1.29. The van der Waals surface area contributed by atoms with Crippen LogP contribution in [-0.2, 0) is 7.05 Å². The van der Waals surface area contributed by atoms with Crippen molar-refractivity contribution in [2.75, 3.05) is 0 Å². The van der Waals surface area contributed by atoms with E-state index < -0.39 is 24.0 Å². The van der Waals surface area contributed by atoms with Crippen LogP contribution in [0.4, 0.5) is 0 Å². The molecule has 0 aliphatic heterocycles. The molecule has 0 fully saturated rings. The Hall–Kier alpha value is -2.30. The summed E-state index contributed by atoms with van der Waals surface area (Å²) >= 11 is 0. The molecule has 1 aromatic carbocycles. The molecule has 2 aromatic rings. The number of allylic oxidation sites excluding steroid dienone is 1. The van der Waals surface area contributed by atoms with Crippen molar-refractivity contribution in [3.63, 3.8) is 0 Å². The van der Waals surface area contributed by atoms with E-state index in [4.69, 9.17) is 4.15 Å². The first kappa shape index (κ1) is 8.74. The molecule has 1 atom stereocenters. The number of benzene rings is 1. The van der Waals surface area contributed by atoms with Crippen molar-refractivity contribution < 1.29 is 4.15 Å². The van der Waals surface area contributed by atoms with Gasteiger partial charge in [0.2, 0.25) is 0 Å². The van der Waals surface area contributed by atoms with Gasteiger partial charge in [0, 0.05) is 7.05 Å². The van der Waals surface area contributed by atoms with Crippen molar-refractivity contribution in [2.24, 2.45) is 7.05 Å². The molecule has 18 heavy (non-hydrogen) atoms. The molecule has 1 N–H and O–H groups in total. The molecule has 0 saturated heterocycles. The van der Waals surface area contributed by atoms with Crippen LogP contribution in [0.15, 0.2) is 52.0 Å². The molecule has 5 nitrogen and oxygen atoms in total. The van der Waals surface area contributed by atoms with E-state index in [9.17, 15) is 9.59 Å². The number of hydrogen-bond donors (Lipinski definition) is 1. The second kappa shape index (κ2) is 4.52. The van der Waals surface area contributed by atoms with Crippen LogP contribution in [0.5, 0.6) is 0 Å². The van der Waals surface area contributed by atoms with Crippen LogP contribution < -0.4 is 11.4 Å². The van der Waals surface area contributed by atoms with Gasteiger partial charge in [0.05, 0.1) is 2.74 Å². The minimum absolute atomic E-state index is 0.273. The molecule has 1 aromatic heterocycles. The standard InChI is InChI=1S/C13H15N3O2/c1-9(2)11(10-7-5-4-6-8-10)16-13(18)15(3)12(17)14-16/h4-8,11H,1H2,2-3H3,(H,14,17)/i1D2/hD. The highest BCUT2D eigenvalue weighted by atomic mass is 16.2. The highest BCUT2D eigenvalue weighted by Gasteiger charge is 2.18. The van der Waals surface area contributed by atoms with Gasteiger partial charge < -0.3 is 0 Å². The summed E-state index contributed by atoms with van der Waals surface area (Å²) in [6.45, 7) is 1.09. The first-order valence-corrected chi connectivity index (χ1v) is 5.45. The van der Waals surface area contributed by atoms with Gasteiger partial charge in [-0.25, -0.2) is 23.9 Å².